The molecule has 0 radical (unpaired) electrons. The van der Waals surface area contributed by atoms with Gasteiger partial charge in [0.05, 0.1) is 0 Å². The van der Waals surface area contributed by atoms with Crippen molar-refractivity contribution in [1.82, 2.24) is 0 Å². The molecule has 1 aliphatic carbocycles. The van der Waals surface area contributed by atoms with Crippen LogP contribution in [0.1, 0.15) is 72.1 Å². The minimum absolute atomic E-state index is 0.0225. The fourth-order valence-electron chi connectivity index (χ4n) is 2.50. The summed E-state index contributed by atoms with van der Waals surface area (Å²) in [6, 6.07) is 0. The standard InChI is InChI=1S/C14H26O2/c1-4-6-9-14(16-13(15)5-2)10-7-12(3)8-11-14/h12H,4-11H2,1-3H3. The zero-order valence-corrected chi connectivity index (χ0v) is 11.1. The van der Waals surface area contributed by atoms with Crippen LogP contribution in [0.15, 0.2) is 0 Å². The van der Waals surface area contributed by atoms with E-state index < -0.39 is 0 Å². The Labute approximate surface area is 99.8 Å². The highest BCUT2D eigenvalue weighted by Crippen LogP contribution is 2.38. The van der Waals surface area contributed by atoms with Gasteiger partial charge in [-0.3, -0.25) is 4.79 Å². The molecule has 1 rings (SSSR count). The molecule has 0 heterocycles. The average Bonchev–Trinajstić information content (AvgIpc) is 2.30. The second-order valence-electron chi connectivity index (χ2n) is 5.30. The molecule has 0 atom stereocenters. The first-order valence-corrected chi connectivity index (χ1v) is 6.83. The summed E-state index contributed by atoms with van der Waals surface area (Å²) in [6.07, 6.45) is 8.47. The molecular weight excluding hydrogens is 200 g/mol. The Morgan fingerprint density at radius 3 is 2.44 bits per heavy atom. The highest BCUT2D eigenvalue weighted by atomic mass is 16.6. The van der Waals surface area contributed by atoms with E-state index in [1.807, 2.05) is 6.92 Å². The average molecular weight is 226 g/mol. The number of hydrogen-bond acceptors (Lipinski definition) is 2. The van der Waals surface area contributed by atoms with E-state index in [2.05, 4.69) is 13.8 Å². The van der Waals surface area contributed by atoms with Crippen LogP contribution in [0.2, 0.25) is 0 Å². The maximum absolute atomic E-state index is 11.5. The fourth-order valence-corrected chi connectivity index (χ4v) is 2.50. The molecule has 2 nitrogen and oxygen atoms in total. The van der Waals surface area contributed by atoms with Gasteiger partial charge in [-0.15, -0.1) is 0 Å². The van der Waals surface area contributed by atoms with Crippen molar-refractivity contribution in [2.24, 2.45) is 5.92 Å². The van der Waals surface area contributed by atoms with Gasteiger partial charge in [0.25, 0.3) is 0 Å². The van der Waals surface area contributed by atoms with Crippen LogP contribution in [0.3, 0.4) is 0 Å². The molecule has 1 fully saturated rings. The summed E-state index contributed by atoms with van der Waals surface area (Å²) in [6.45, 7) is 6.37. The Hall–Kier alpha value is -0.530. The molecule has 2 heteroatoms. The summed E-state index contributed by atoms with van der Waals surface area (Å²) in [5.41, 5.74) is -0.115. The molecule has 0 bridgehead atoms. The lowest BCUT2D eigenvalue weighted by molar-refractivity contribution is -0.165. The number of carbonyl (C=O) groups excluding carboxylic acids is 1. The van der Waals surface area contributed by atoms with E-state index in [1.54, 1.807) is 0 Å². The van der Waals surface area contributed by atoms with E-state index in [0.29, 0.717) is 6.42 Å². The predicted octanol–water partition coefficient (Wildman–Crippen LogP) is 4.08. The number of carbonyl (C=O) groups is 1. The van der Waals surface area contributed by atoms with E-state index in [1.165, 1.54) is 25.7 Å². The quantitative estimate of drug-likeness (QED) is 0.660. The molecule has 94 valence electrons. The van der Waals surface area contributed by atoms with Gasteiger partial charge in [-0.2, -0.15) is 0 Å². The molecule has 0 spiro atoms. The van der Waals surface area contributed by atoms with Crippen molar-refractivity contribution in [3.63, 3.8) is 0 Å². The van der Waals surface area contributed by atoms with Crippen LogP contribution in [-0.4, -0.2) is 11.6 Å². The molecular formula is C14H26O2. The van der Waals surface area contributed by atoms with Crippen LogP contribution in [0.5, 0.6) is 0 Å². The van der Waals surface area contributed by atoms with E-state index in [-0.39, 0.29) is 11.6 Å². The lowest BCUT2D eigenvalue weighted by atomic mass is 9.77. The molecule has 0 aromatic carbocycles. The molecule has 0 aromatic heterocycles. The summed E-state index contributed by atoms with van der Waals surface area (Å²) < 4.78 is 5.74. The molecule has 16 heavy (non-hydrogen) atoms. The molecule has 0 unspecified atom stereocenters. The van der Waals surface area contributed by atoms with E-state index in [4.69, 9.17) is 4.74 Å². The predicted molar refractivity (Wildman–Crippen MR) is 66.3 cm³/mol. The van der Waals surface area contributed by atoms with Crippen LogP contribution >= 0.6 is 0 Å². The van der Waals surface area contributed by atoms with Crippen molar-refractivity contribution in [3.05, 3.63) is 0 Å². The van der Waals surface area contributed by atoms with Gasteiger partial charge in [-0.1, -0.05) is 27.2 Å². The highest BCUT2D eigenvalue weighted by Gasteiger charge is 2.36. The molecule has 0 N–H and O–H groups in total. The van der Waals surface area contributed by atoms with Gasteiger partial charge >= 0.3 is 5.97 Å². The van der Waals surface area contributed by atoms with E-state index in [9.17, 15) is 4.79 Å². The summed E-state index contributed by atoms with van der Waals surface area (Å²) >= 11 is 0. The number of unbranched alkanes of at least 4 members (excludes halogenated alkanes) is 1. The van der Waals surface area contributed by atoms with Crippen molar-refractivity contribution >= 4 is 5.97 Å². The monoisotopic (exact) mass is 226 g/mol. The molecule has 0 aliphatic heterocycles. The van der Waals surface area contributed by atoms with Crippen molar-refractivity contribution in [2.75, 3.05) is 0 Å². The summed E-state index contributed by atoms with van der Waals surface area (Å²) in [7, 11) is 0. The minimum Gasteiger partial charge on any atom is -0.459 e. The van der Waals surface area contributed by atoms with Gasteiger partial charge in [0, 0.05) is 6.42 Å². The lowest BCUT2D eigenvalue weighted by Gasteiger charge is -2.39. The number of hydrogen-bond donors (Lipinski definition) is 0. The molecule has 1 aliphatic rings. The third kappa shape index (κ3) is 3.80. The summed E-state index contributed by atoms with van der Waals surface area (Å²) in [4.78, 5) is 11.5. The van der Waals surface area contributed by atoms with Gasteiger partial charge in [0.15, 0.2) is 0 Å². The Kier molecular flexibility index (Phi) is 5.30. The first-order valence-electron chi connectivity index (χ1n) is 6.83. The van der Waals surface area contributed by atoms with Gasteiger partial charge in [0.1, 0.15) is 5.60 Å². The third-order valence-corrected chi connectivity index (χ3v) is 3.79. The largest absolute Gasteiger partial charge is 0.459 e. The smallest absolute Gasteiger partial charge is 0.306 e. The first kappa shape index (κ1) is 13.5. The zero-order valence-electron chi connectivity index (χ0n) is 11.1. The Balaban J connectivity index is 2.57. The maximum atomic E-state index is 11.5. The van der Waals surface area contributed by atoms with Crippen LogP contribution in [-0.2, 0) is 9.53 Å². The normalized spacial score (nSPS) is 30.1. The van der Waals surface area contributed by atoms with Gasteiger partial charge in [-0.05, 0) is 44.4 Å². The van der Waals surface area contributed by atoms with Crippen molar-refractivity contribution in [3.8, 4) is 0 Å². The van der Waals surface area contributed by atoms with Crippen LogP contribution < -0.4 is 0 Å². The number of rotatable bonds is 5. The van der Waals surface area contributed by atoms with Crippen LogP contribution in [0.4, 0.5) is 0 Å². The Bertz CT molecular complexity index is 209. The molecule has 1 saturated carbocycles. The molecule has 0 amide bonds. The highest BCUT2D eigenvalue weighted by molar-refractivity contribution is 5.69. The van der Waals surface area contributed by atoms with Crippen LogP contribution in [0, 0.1) is 5.92 Å². The van der Waals surface area contributed by atoms with Crippen molar-refractivity contribution in [2.45, 2.75) is 77.7 Å². The fraction of sp³-hybridized carbons (Fsp3) is 0.929. The SMILES string of the molecule is CCCCC1(OC(=O)CC)CCC(C)CC1. The third-order valence-electron chi connectivity index (χ3n) is 3.79. The van der Waals surface area contributed by atoms with Crippen LogP contribution in [0.25, 0.3) is 0 Å². The topological polar surface area (TPSA) is 26.3 Å². The summed E-state index contributed by atoms with van der Waals surface area (Å²) in [5, 5.41) is 0. The Morgan fingerprint density at radius 2 is 1.94 bits per heavy atom. The zero-order chi connectivity index (χ0) is 12.0. The molecule has 0 saturated heterocycles. The number of ether oxygens (including phenoxy) is 1. The first-order chi connectivity index (χ1) is 7.62. The maximum Gasteiger partial charge on any atom is 0.306 e. The second kappa shape index (κ2) is 6.27. The Morgan fingerprint density at radius 1 is 1.31 bits per heavy atom. The van der Waals surface area contributed by atoms with Gasteiger partial charge in [0.2, 0.25) is 0 Å². The van der Waals surface area contributed by atoms with Crippen molar-refractivity contribution < 1.29 is 9.53 Å². The minimum atomic E-state index is -0.115. The van der Waals surface area contributed by atoms with Crippen molar-refractivity contribution in [1.29, 1.82) is 0 Å². The van der Waals surface area contributed by atoms with E-state index in [0.717, 1.165) is 25.2 Å². The molecule has 0 aromatic rings. The second-order valence-corrected chi connectivity index (χ2v) is 5.30. The lowest BCUT2D eigenvalue weighted by Crippen LogP contribution is -2.38. The van der Waals surface area contributed by atoms with Gasteiger partial charge < -0.3 is 4.74 Å². The number of esters is 1. The van der Waals surface area contributed by atoms with E-state index >= 15 is 0 Å². The summed E-state index contributed by atoms with van der Waals surface area (Å²) in [5.74, 6) is 0.778. The van der Waals surface area contributed by atoms with Gasteiger partial charge in [-0.25, -0.2) is 0 Å².